The molecule has 0 amide bonds. The fourth-order valence-electron chi connectivity index (χ4n) is 4.25. The monoisotopic (exact) mass is 439 g/mol. The molecule has 1 fully saturated rings. The van der Waals surface area contributed by atoms with Gasteiger partial charge in [0.15, 0.2) is 0 Å². The van der Waals surface area contributed by atoms with Gasteiger partial charge >= 0.3 is 0 Å². The predicted octanol–water partition coefficient (Wildman–Crippen LogP) is 4.82. The van der Waals surface area contributed by atoms with Crippen LogP contribution in [0.2, 0.25) is 5.02 Å². The number of nitrogens with zero attached hydrogens (tertiary/aromatic N) is 3. The molecule has 1 aromatic heterocycles. The molecule has 3 N–H and O–H groups in total. The van der Waals surface area contributed by atoms with Crippen molar-refractivity contribution in [1.29, 1.82) is 0 Å². The van der Waals surface area contributed by atoms with Crippen LogP contribution < -0.4 is 15.5 Å². The van der Waals surface area contributed by atoms with Crippen LogP contribution in [0.4, 0.5) is 11.8 Å². The number of para-hydroxylation sites is 1. The van der Waals surface area contributed by atoms with Gasteiger partial charge in [-0.2, -0.15) is 4.98 Å². The molecule has 6 nitrogen and oxygen atoms in total. The Morgan fingerprint density at radius 3 is 2.58 bits per heavy atom. The van der Waals surface area contributed by atoms with Crippen molar-refractivity contribution in [2.45, 2.75) is 38.3 Å². The van der Waals surface area contributed by atoms with Gasteiger partial charge in [0.05, 0.1) is 5.52 Å². The summed E-state index contributed by atoms with van der Waals surface area (Å²) in [5, 5.41) is 18.2. The van der Waals surface area contributed by atoms with Crippen LogP contribution in [-0.4, -0.2) is 41.8 Å². The van der Waals surface area contributed by atoms with Crippen molar-refractivity contribution in [1.82, 2.24) is 15.3 Å². The number of benzene rings is 2. The van der Waals surface area contributed by atoms with E-state index in [-0.39, 0.29) is 5.75 Å². The van der Waals surface area contributed by atoms with Crippen LogP contribution in [0.1, 0.15) is 31.2 Å². The minimum Gasteiger partial charge on any atom is -0.508 e. The summed E-state index contributed by atoms with van der Waals surface area (Å²) in [6.07, 6.45) is 4.56. The lowest BCUT2D eigenvalue weighted by Gasteiger charge is -2.29. The molecule has 1 aliphatic rings. The first-order chi connectivity index (χ1) is 15.0. The van der Waals surface area contributed by atoms with Crippen molar-refractivity contribution in [3.05, 3.63) is 53.1 Å². The number of phenols is 1. The van der Waals surface area contributed by atoms with Gasteiger partial charge in [-0.1, -0.05) is 29.8 Å². The van der Waals surface area contributed by atoms with Crippen LogP contribution in [0.3, 0.4) is 0 Å². The van der Waals surface area contributed by atoms with Gasteiger partial charge in [-0.05, 0) is 68.0 Å². The molecule has 1 saturated carbocycles. The molecule has 3 aromatic rings. The first-order valence-electron chi connectivity index (χ1n) is 10.9. The second-order valence-electron chi connectivity index (χ2n) is 8.55. The van der Waals surface area contributed by atoms with E-state index in [2.05, 4.69) is 16.7 Å². The van der Waals surface area contributed by atoms with Crippen LogP contribution in [0.25, 0.3) is 10.9 Å². The number of rotatable bonds is 7. The predicted molar refractivity (Wildman–Crippen MR) is 128 cm³/mol. The number of fused-ring (bicyclic) bond motifs is 1. The fraction of sp³-hybridized carbons (Fsp3) is 0.417. The van der Waals surface area contributed by atoms with Crippen LogP contribution >= 0.6 is 11.6 Å². The van der Waals surface area contributed by atoms with E-state index in [9.17, 15) is 5.11 Å². The molecule has 0 radical (unpaired) electrons. The second-order valence-corrected chi connectivity index (χ2v) is 8.96. The van der Waals surface area contributed by atoms with Gasteiger partial charge in [0.25, 0.3) is 0 Å². The summed E-state index contributed by atoms with van der Waals surface area (Å²) >= 11 is 6.19. The average molecular weight is 440 g/mol. The number of hydrogen-bond acceptors (Lipinski definition) is 6. The molecular weight excluding hydrogens is 410 g/mol. The number of aromatic hydroxyl groups is 1. The van der Waals surface area contributed by atoms with Crippen molar-refractivity contribution < 1.29 is 5.11 Å². The van der Waals surface area contributed by atoms with E-state index >= 15 is 0 Å². The SMILES string of the molecule is CN(C)c1nc(N[C@H]2CC[C@@H](CNCc3ccc(O)cc3Cl)CC2)nc2ccccc12. The standard InChI is InChI=1S/C24H30ClN5O/c1-30(2)23-20-5-3-4-6-22(20)28-24(29-23)27-18-10-7-16(8-11-18)14-26-15-17-9-12-19(31)13-21(17)25/h3-6,9,12-13,16,18,26,31H,7-8,10-11,14-15H2,1-2H3,(H,27,28,29)/t16-,18+. The summed E-state index contributed by atoms with van der Waals surface area (Å²) < 4.78 is 0. The second kappa shape index (κ2) is 9.71. The third-order valence-corrected chi connectivity index (χ3v) is 6.32. The molecule has 7 heteroatoms. The highest BCUT2D eigenvalue weighted by atomic mass is 35.5. The maximum Gasteiger partial charge on any atom is 0.225 e. The van der Waals surface area contributed by atoms with Gasteiger partial charge in [-0.15, -0.1) is 0 Å². The van der Waals surface area contributed by atoms with Gasteiger partial charge in [-0.3, -0.25) is 0 Å². The normalized spacial score (nSPS) is 18.8. The van der Waals surface area contributed by atoms with E-state index in [1.165, 1.54) is 12.8 Å². The summed E-state index contributed by atoms with van der Waals surface area (Å²) in [4.78, 5) is 11.5. The quantitative estimate of drug-likeness (QED) is 0.490. The lowest BCUT2D eigenvalue weighted by molar-refractivity contribution is 0.324. The van der Waals surface area contributed by atoms with Crippen molar-refractivity contribution in [2.24, 2.45) is 5.92 Å². The minimum absolute atomic E-state index is 0.202. The minimum atomic E-state index is 0.202. The molecule has 1 heterocycles. The molecule has 0 bridgehead atoms. The molecule has 2 aromatic carbocycles. The Balaban J connectivity index is 1.29. The zero-order chi connectivity index (χ0) is 21.8. The van der Waals surface area contributed by atoms with E-state index in [0.717, 1.165) is 48.2 Å². The molecule has 0 atom stereocenters. The molecule has 0 aliphatic heterocycles. The highest BCUT2D eigenvalue weighted by Gasteiger charge is 2.22. The Morgan fingerprint density at radius 2 is 1.84 bits per heavy atom. The maximum atomic E-state index is 9.47. The Labute approximate surface area is 188 Å². The van der Waals surface area contributed by atoms with E-state index < -0.39 is 0 Å². The van der Waals surface area contributed by atoms with Crippen LogP contribution in [0.5, 0.6) is 5.75 Å². The van der Waals surface area contributed by atoms with Crippen molar-refractivity contribution in [2.75, 3.05) is 30.9 Å². The van der Waals surface area contributed by atoms with Gasteiger partial charge in [0.1, 0.15) is 11.6 Å². The molecule has 31 heavy (non-hydrogen) atoms. The number of nitrogens with one attached hydrogen (secondary N) is 2. The van der Waals surface area contributed by atoms with Gasteiger partial charge < -0.3 is 20.6 Å². The highest BCUT2D eigenvalue weighted by molar-refractivity contribution is 6.31. The number of hydrogen-bond donors (Lipinski definition) is 3. The number of aromatic nitrogens is 2. The van der Waals surface area contributed by atoms with Crippen molar-refractivity contribution in [3.63, 3.8) is 0 Å². The zero-order valence-corrected chi connectivity index (χ0v) is 18.9. The van der Waals surface area contributed by atoms with Crippen LogP contribution in [-0.2, 0) is 6.54 Å². The van der Waals surface area contributed by atoms with E-state index in [1.54, 1.807) is 12.1 Å². The topological polar surface area (TPSA) is 73.3 Å². The van der Waals surface area contributed by atoms with Gasteiger partial charge in [0, 0.05) is 37.1 Å². The summed E-state index contributed by atoms with van der Waals surface area (Å²) in [5.41, 5.74) is 1.98. The zero-order valence-electron chi connectivity index (χ0n) is 18.1. The van der Waals surface area contributed by atoms with E-state index in [1.807, 2.05) is 43.3 Å². The molecule has 4 rings (SSSR count). The number of phenolic OH excluding ortho intramolecular Hbond substituents is 1. The Hall–Kier alpha value is -2.57. The van der Waals surface area contributed by atoms with Crippen molar-refractivity contribution >= 4 is 34.3 Å². The summed E-state index contributed by atoms with van der Waals surface area (Å²) in [6, 6.07) is 13.7. The Bertz CT molecular complexity index is 1030. The highest BCUT2D eigenvalue weighted by Crippen LogP contribution is 2.28. The smallest absolute Gasteiger partial charge is 0.225 e. The third kappa shape index (κ3) is 5.38. The largest absolute Gasteiger partial charge is 0.508 e. The lowest BCUT2D eigenvalue weighted by atomic mass is 9.86. The first-order valence-corrected chi connectivity index (χ1v) is 11.3. The Kier molecular flexibility index (Phi) is 6.78. The molecule has 0 unspecified atom stereocenters. The van der Waals surface area contributed by atoms with Gasteiger partial charge in [0.2, 0.25) is 5.95 Å². The molecule has 0 spiro atoms. The third-order valence-electron chi connectivity index (χ3n) is 5.97. The maximum absolute atomic E-state index is 9.47. The molecule has 1 aliphatic carbocycles. The van der Waals surface area contributed by atoms with Crippen LogP contribution in [0.15, 0.2) is 42.5 Å². The molecule has 164 valence electrons. The average Bonchev–Trinajstić information content (AvgIpc) is 2.76. The first kappa shape index (κ1) is 21.7. The van der Waals surface area contributed by atoms with Crippen molar-refractivity contribution in [3.8, 4) is 5.75 Å². The summed E-state index contributed by atoms with van der Waals surface area (Å²) in [5.74, 6) is 2.52. The van der Waals surface area contributed by atoms with E-state index in [4.69, 9.17) is 21.6 Å². The molecular formula is C24H30ClN5O. The summed E-state index contributed by atoms with van der Waals surface area (Å²) in [7, 11) is 4.03. The molecule has 0 saturated heterocycles. The number of anilines is 2. The Morgan fingerprint density at radius 1 is 1.06 bits per heavy atom. The van der Waals surface area contributed by atoms with Crippen LogP contribution in [0, 0.1) is 5.92 Å². The fourth-order valence-corrected chi connectivity index (χ4v) is 4.49. The number of halogens is 1. The van der Waals surface area contributed by atoms with E-state index in [0.29, 0.717) is 22.9 Å². The lowest BCUT2D eigenvalue weighted by Crippen LogP contribution is -2.31. The van der Waals surface area contributed by atoms with Gasteiger partial charge in [-0.25, -0.2) is 4.98 Å². The summed E-state index contributed by atoms with van der Waals surface area (Å²) in [6.45, 7) is 1.69.